The molecule has 1 aliphatic rings. The van der Waals surface area contributed by atoms with Gasteiger partial charge in [-0.3, -0.25) is 0 Å². The van der Waals surface area contributed by atoms with Crippen LogP contribution in [-0.4, -0.2) is 48.2 Å². The number of hydrogen-bond acceptors (Lipinski definition) is 7. The number of benzene rings is 1. The first-order chi connectivity index (χ1) is 13.2. The van der Waals surface area contributed by atoms with Gasteiger partial charge in [-0.05, 0) is 25.0 Å². The van der Waals surface area contributed by atoms with Crippen LogP contribution in [0.4, 0.5) is 15.3 Å². The average Bonchev–Trinajstić information content (AvgIpc) is 2.98. The minimum Gasteiger partial charge on any atom is -0.494 e. The summed E-state index contributed by atoms with van der Waals surface area (Å²) < 4.78 is 21.2. The van der Waals surface area contributed by atoms with Gasteiger partial charge in [0.05, 0.1) is 17.5 Å². The van der Waals surface area contributed by atoms with Crippen molar-refractivity contribution in [1.82, 2.24) is 15.0 Å². The third-order valence-corrected chi connectivity index (χ3v) is 5.92. The first kappa shape index (κ1) is 17.9. The summed E-state index contributed by atoms with van der Waals surface area (Å²) in [7, 11) is 1.67. The number of fused-ring (bicyclic) bond motifs is 1. The van der Waals surface area contributed by atoms with Crippen LogP contribution < -0.4 is 14.5 Å². The summed E-state index contributed by atoms with van der Waals surface area (Å²) in [5.74, 6) is 0.912. The van der Waals surface area contributed by atoms with Crippen molar-refractivity contribution in [2.24, 2.45) is 0 Å². The molecule has 8 heteroatoms. The van der Waals surface area contributed by atoms with Crippen molar-refractivity contribution in [2.75, 3.05) is 43.1 Å². The topological polar surface area (TPSA) is 54.4 Å². The fourth-order valence-corrected chi connectivity index (χ4v) is 4.43. The minimum absolute atomic E-state index is 0.293. The molecule has 142 valence electrons. The highest BCUT2D eigenvalue weighted by Gasteiger charge is 2.22. The van der Waals surface area contributed by atoms with Crippen molar-refractivity contribution >= 4 is 32.5 Å². The summed E-state index contributed by atoms with van der Waals surface area (Å²) >= 11 is 1.67. The molecule has 1 fully saturated rings. The van der Waals surface area contributed by atoms with Crippen LogP contribution in [0.25, 0.3) is 10.2 Å². The fourth-order valence-electron chi connectivity index (χ4n) is 3.39. The lowest BCUT2D eigenvalue weighted by atomic mass is 10.3. The zero-order valence-corrected chi connectivity index (χ0v) is 16.3. The molecule has 0 atom stereocenters. The summed E-state index contributed by atoms with van der Waals surface area (Å²) in [6.45, 7) is 5.02. The molecule has 6 nitrogen and oxygen atoms in total. The van der Waals surface area contributed by atoms with E-state index in [1.165, 1.54) is 6.33 Å². The van der Waals surface area contributed by atoms with Crippen molar-refractivity contribution in [2.45, 2.75) is 19.8 Å². The van der Waals surface area contributed by atoms with E-state index in [0.29, 0.717) is 24.5 Å². The molecule has 0 amide bonds. The monoisotopic (exact) mass is 387 g/mol. The van der Waals surface area contributed by atoms with Crippen LogP contribution in [0.15, 0.2) is 24.5 Å². The maximum Gasteiger partial charge on any atom is 0.187 e. The van der Waals surface area contributed by atoms with Gasteiger partial charge in [0.25, 0.3) is 0 Å². The van der Waals surface area contributed by atoms with Crippen molar-refractivity contribution in [1.29, 1.82) is 0 Å². The fraction of sp³-hybridized carbons (Fsp3) is 0.421. The number of thiazole rings is 1. The molecule has 27 heavy (non-hydrogen) atoms. The Morgan fingerprint density at radius 2 is 1.96 bits per heavy atom. The Labute approximate surface area is 161 Å². The van der Waals surface area contributed by atoms with Gasteiger partial charge in [-0.15, -0.1) is 0 Å². The van der Waals surface area contributed by atoms with Crippen LogP contribution in [0.1, 0.15) is 19.0 Å². The normalized spacial score (nSPS) is 15.2. The predicted octanol–water partition coefficient (Wildman–Crippen LogP) is 3.51. The zero-order chi connectivity index (χ0) is 18.8. The molecule has 0 bridgehead atoms. The molecule has 0 spiro atoms. The van der Waals surface area contributed by atoms with Crippen LogP contribution >= 0.6 is 11.3 Å². The molecule has 0 saturated carbocycles. The first-order valence-electron chi connectivity index (χ1n) is 9.14. The third kappa shape index (κ3) is 3.41. The number of rotatable bonds is 4. The van der Waals surface area contributed by atoms with Gasteiger partial charge >= 0.3 is 0 Å². The molecular formula is C19H22FN5OS. The van der Waals surface area contributed by atoms with Crippen LogP contribution in [0, 0.1) is 5.82 Å². The van der Waals surface area contributed by atoms with Gasteiger partial charge in [0.1, 0.15) is 17.6 Å². The second-order valence-electron chi connectivity index (χ2n) is 6.44. The third-order valence-electron chi connectivity index (χ3n) is 4.83. The van der Waals surface area contributed by atoms with Gasteiger partial charge in [0.2, 0.25) is 0 Å². The molecule has 0 radical (unpaired) electrons. The standard InChI is InChI=1S/C19H22FN5OS/c1-3-13-16(20)18(22-12-21-13)24-8-5-9-25(11-10-24)19-23-17-14(26-2)6-4-7-15(17)27-19/h4,6-7,12H,3,5,8-11H2,1-2H3. The smallest absolute Gasteiger partial charge is 0.187 e. The highest BCUT2D eigenvalue weighted by Crippen LogP contribution is 2.34. The van der Waals surface area contributed by atoms with Gasteiger partial charge in [0.15, 0.2) is 16.8 Å². The Morgan fingerprint density at radius 3 is 2.78 bits per heavy atom. The highest BCUT2D eigenvalue weighted by molar-refractivity contribution is 7.22. The molecule has 2 aromatic heterocycles. The van der Waals surface area contributed by atoms with Gasteiger partial charge in [-0.25, -0.2) is 19.3 Å². The van der Waals surface area contributed by atoms with E-state index in [0.717, 1.165) is 47.2 Å². The summed E-state index contributed by atoms with van der Waals surface area (Å²) in [6.07, 6.45) is 2.94. The van der Waals surface area contributed by atoms with E-state index in [1.807, 2.05) is 24.0 Å². The maximum absolute atomic E-state index is 14.6. The number of para-hydroxylation sites is 1. The van der Waals surface area contributed by atoms with Gasteiger partial charge < -0.3 is 14.5 Å². The van der Waals surface area contributed by atoms with Crippen molar-refractivity contribution < 1.29 is 9.13 Å². The van der Waals surface area contributed by atoms with E-state index >= 15 is 0 Å². The van der Waals surface area contributed by atoms with Crippen LogP contribution in [-0.2, 0) is 6.42 Å². The molecule has 4 rings (SSSR count). The molecule has 0 aliphatic carbocycles. The molecule has 0 unspecified atom stereocenters. The van der Waals surface area contributed by atoms with E-state index in [-0.39, 0.29) is 5.82 Å². The van der Waals surface area contributed by atoms with E-state index in [2.05, 4.69) is 20.9 Å². The van der Waals surface area contributed by atoms with E-state index in [9.17, 15) is 4.39 Å². The number of halogens is 1. The Balaban J connectivity index is 1.56. The molecule has 0 N–H and O–H groups in total. The lowest BCUT2D eigenvalue weighted by molar-refractivity contribution is 0.419. The van der Waals surface area contributed by atoms with Gasteiger partial charge in [-0.1, -0.05) is 24.3 Å². The largest absolute Gasteiger partial charge is 0.494 e. The molecule has 3 aromatic rings. The summed E-state index contributed by atoms with van der Waals surface area (Å²) in [5.41, 5.74) is 1.37. The SMILES string of the molecule is CCc1ncnc(N2CCCN(c3nc4c(OC)cccc4s3)CC2)c1F. The van der Waals surface area contributed by atoms with Crippen molar-refractivity contribution in [3.63, 3.8) is 0 Å². The predicted molar refractivity (Wildman–Crippen MR) is 107 cm³/mol. The van der Waals surface area contributed by atoms with Crippen LogP contribution in [0.3, 0.4) is 0 Å². The Bertz CT molecular complexity index is 947. The van der Waals surface area contributed by atoms with E-state index in [4.69, 9.17) is 9.72 Å². The Hall–Kier alpha value is -2.48. The summed E-state index contributed by atoms with van der Waals surface area (Å²) in [4.78, 5) is 17.3. The summed E-state index contributed by atoms with van der Waals surface area (Å²) in [5, 5.41) is 0.980. The number of methoxy groups -OCH3 is 1. The number of hydrogen-bond donors (Lipinski definition) is 0. The second kappa shape index (κ2) is 7.64. The highest BCUT2D eigenvalue weighted by atomic mass is 32.1. The number of nitrogens with zero attached hydrogens (tertiary/aromatic N) is 5. The number of aryl methyl sites for hydroxylation is 1. The van der Waals surface area contributed by atoms with Crippen molar-refractivity contribution in [3.8, 4) is 5.75 Å². The van der Waals surface area contributed by atoms with E-state index in [1.54, 1.807) is 18.4 Å². The lowest BCUT2D eigenvalue weighted by Crippen LogP contribution is -2.32. The van der Waals surface area contributed by atoms with Gasteiger partial charge in [0, 0.05) is 26.2 Å². The van der Waals surface area contributed by atoms with Crippen molar-refractivity contribution in [3.05, 3.63) is 36.0 Å². The molecule has 3 heterocycles. The van der Waals surface area contributed by atoms with E-state index < -0.39 is 0 Å². The molecule has 1 aliphatic heterocycles. The lowest BCUT2D eigenvalue weighted by Gasteiger charge is -2.23. The number of ether oxygens (including phenoxy) is 1. The van der Waals surface area contributed by atoms with Crippen LogP contribution in [0.5, 0.6) is 5.75 Å². The summed E-state index contributed by atoms with van der Waals surface area (Å²) in [6, 6.07) is 5.97. The number of aromatic nitrogens is 3. The first-order valence-corrected chi connectivity index (χ1v) is 9.95. The average molecular weight is 387 g/mol. The zero-order valence-electron chi connectivity index (χ0n) is 15.5. The Kier molecular flexibility index (Phi) is 5.07. The van der Waals surface area contributed by atoms with Gasteiger partial charge in [-0.2, -0.15) is 0 Å². The second-order valence-corrected chi connectivity index (χ2v) is 7.45. The molecule has 1 aromatic carbocycles. The Morgan fingerprint density at radius 1 is 1.15 bits per heavy atom. The maximum atomic E-state index is 14.6. The quantitative estimate of drug-likeness (QED) is 0.683. The molecule has 1 saturated heterocycles. The molecular weight excluding hydrogens is 365 g/mol. The minimum atomic E-state index is -0.293. The van der Waals surface area contributed by atoms with Crippen LogP contribution in [0.2, 0.25) is 0 Å². The number of anilines is 2.